The zero-order valence-electron chi connectivity index (χ0n) is 11.7. The lowest BCUT2D eigenvalue weighted by Gasteiger charge is -2.20. The van der Waals surface area contributed by atoms with E-state index in [1.807, 2.05) is 6.07 Å². The highest BCUT2D eigenvalue weighted by atomic mass is 35.5. The summed E-state index contributed by atoms with van der Waals surface area (Å²) in [6.45, 7) is 5.10. The molecule has 1 aliphatic heterocycles. The predicted molar refractivity (Wildman–Crippen MR) is 79.8 cm³/mol. The Morgan fingerprint density at radius 2 is 2.05 bits per heavy atom. The largest absolute Gasteiger partial charge is 0.352 e. The number of carbonyl (C=O) groups is 1. The first-order valence-electron chi connectivity index (χ1n) is 7.22. The zero-order chi connectivity index (χ0) is 13.8. The molecule has 0 radical (unpaired) electrons. The molecule has 1 aliphatic rings. The molecule has 3 heteroatoms. The average molecular weight is 280 g/mol. The SMILES string of the molecule is CCC(CC)C(Cl)c1ccc2c(c1)C(=O)NCCC2. The zero-order valence-corrected chi connectivity index (χ0v) is 12.5. The van der Waals surface area contributed by atoms with Gasteiger partial charge in [0.25, 0.3) is 5.91 Å². The minimum atomic E-state index is -0.00338. The Balaban J connectivity index is 2.31. The van der Waals surface area contributed by atoms with Crippen LogP contribution in [0.1, 0.15) is 60.0 Å². The molecule has 0 fully saturated rings. The van der Waals surface area contributed by atoms with E-state index in [2.05, 4.69) is 31.3 Å². The minimum Gasteiger partial charge on any atom is -0.352 e. The van der Waals surface area contributed by atoms with E-state index in [9.17, 15) is 4.79 Å². The van der Waals surface area contributed by atoms with Gasteiger partial charge in [-0.3, -0.25) is 4.79 Å². The van der Waals surface area contributed by atoms with Crippen LogP contribution in [0.3, 0.4) is 0 Å². The van der Waals surface area contributed by atoms with E-state index in [0.717, 1.165) is 48.9 Å². The standard InChI is InChI=1S/C16H22ClNO/c1-3-11(4-2)15(17)13-8-7-12-6-5-9-18-16(19)14(12)10-13/h7-8,10-11,15H,3-6,9H2,1-2H3,(H,18,19). The molecule has 0 aliphatic carbocycles. The van der Waals surface area contributed by atoms with Gasteiger partial charge in [0.1, 0.15) is 0 Å². The summed E-state index contributed by atoms with van der Waals surface area (Å²) in [5, 5.41) is 2.94. The quantitative estimate of drug-likeness (QED) is 0.827. The molecular weight excluding hydrogens is 258 g/mol. The van der Waals surface area contributed by atoms with Gasteiger partial charge in [-0.2, -0.15) is 0 Å². The normalized spacial score (nSPS) is 16.7. The lowest BCUT2D eigenvalue weighted by atomic mass is 9.91. The van der Waals surface area contributed by atoms with Crippen molar-refractivity contribution in [2.75, 3.05) is 6.54 Å². The molecule has 1 amide bonds. The topological polar surface area (TPSA) is 29.1 Å². The van der Waals surface area contributed by atoms with Gasteiger partial charge in [-0.15, -0.1) is 11.6 Å². The van der Waals surface area contributed by atoms with Crippen LogP contribution in [0.4, 0.5) is 0 Å². The molecule has 0 spiro atoms. The first-order chi connectivity index (χ1) is 9.17. The summed E-state index contributed by atoms with van der Waals surface area (Å²) < 4.78 is 0. The van der Waals surface area contributed by atoms with Crippen LogP contribution in [0.25, 0.3) is 0 Å². The molecule has 1 unspecified atom stereocenters. The van der Waals surface area contributed by atoms with Crippen molar-refractivity contribution in [2.45, 2.75) is 44.9 Å². The fourth-order valence-corrected chi connectivity index (χ4v) is 3.24. The van der Waals surface area contributed by atoms with Crippen LogP contribution >= 0.6 is 11.6 Å². The molecule has 1 aromatic rings. The number of hydrogen-bond donors (Lipinski definition) is 1. The van der Waals surface area contributed by atoms with E-state index in [4.69, 9.17) is 11.6 Å². The number of aryl methyl sites for hydroxylation is 1. The number of nitrogens with one attached hydrogen (secondary N) is 1. The Morgan fingerprint density at radius 1 is 1.32 bits per heavy atom. The van der Waals surface area contributed by atoms with Crippen LogP contribution in [-0.2, 0) is 6.42 Å². The lowest BCUT2D eigenvalue weighted by molar-refractivity contribution is 0.0956. The summed E-state index contributed by atoms with van der Waals surface area (Å²) in [6.07, 6.45) is 4.10. The number of benzene rings is 1. The van der Waals surface area contributed by atoms with Crippen molar-refractivity contribution in [3.63, 3.8) is 0 Å². The van der Waals surface area contributed by atoms with Crippen LogP contribution in [0.15, 0.2) is 18.2 Å². The van der Waals surface area contributed by atoms with E-state index in [0.29, 0.717) is 5.92 Å². The highest BCUT2D eigenvalue weighted by Crippen LogP contribution is 2.34. The molecule has 1 atom stereocenters. The monoisotopic (exact) mass is 279 g/mol. The van der Waals surface area contributed by atoms with Crippen molar-refractivity contribution in [3.05, 3.63) is 34.9 Å². The van der Waals surface area contributed by atoms with Crippen molar-refractivity contribution in [1.82, 2.24) is 5.32 Å². The number of rotatable bonds is 4. The third-order valence-electron chi connectivity index (χ3n) is 4.07. The van der Waals surface area contributed by atoms with Crippen LogP contribution in [0.5, 0.6) is 0 Å². The third kappa shape index (κ3) is 3.11. The maximum Gasteiger partial charge on any atom is 0.251 e. The van der Waals surface area contributed by atoms with E-state index in [1.54, 1.807) is 0 Å². The number of carbonyl (C=O) groups excluding carboxylic acids is 1. The van der Waals surface area contributed by atoms with Crippen LogP contribution in [0, 0.1) is 5.92 Å². The molecule has 0 saturated carbocycles. The summed E-state index contributed by atoms with van der Waals surface area (Å²) in [4.78, 5) is 12.0. The molecule has 104 valence electrons. The number of halogens is 1. The van der Waals surface area contributed by atoms with Crippen LogP contribution in [0.2, 0.25) is 0 Å². The Bertz CT molecular complexity index is 454. The van der Waals surface area contributed by atoms with Gasteiger partial charge in [-0.25, -0.2) is 0 Å². The maximum absolute atomic E-state index is 12.0. The average Bonchev–Trinajstić information content (AvgIpc) is 2.62. The number of amides is 1. The molecule has 0 saturated heterocycles. The second-order valence-corrected chi connectivity index (χ2v) is 5.72. The summed E-state index contributed by atoms with van der Waals surface area (Å²) in [5.74, 6) is 0.510. The molecule has 19 heavy (non-hydrogen) atoms. The Morgan fingerprint density at radius 3 is 2.74 bits per heavy atom. The van der Waals surface area contributed by atoms with Crippen LogP contribution < -0.4 is 5.32 Å². The first-order valence-corrected chi connectivity index (χ1v) is 7.66. The maximum atomic E-state index is 12.0. The lowest BCUT2D eigenvalue weighted by Crippen LogP contribution is -2.22. The smallest absolute Gasteiger partial charge is 0.251 e. The van der Waals surface area contributed by atoms with Gasteiger partial charge in [0.05, 0.1) is 5.38 Å². The molecule has 1 heterocycles. The van der Waals surface area contributed by atoms with Crippen LogP contribution in [-0.4, -0.2) is 12.5 Å². The Kier molecular flexibility index (Phi) is 4.87. The number of fused-ring (bicyclic) bond motifs is 1. The molecule has 0 aromatic heterocycles. The van der Waals surface area contributed by atoms with Crippen molar-refractivity contribution in [1.29, 1.82) is 0 Å². The molecule has 1 aromatic carbocycles. The van der Waals surface area contributed by atoms with Gasteiger partial charge in [0.15, 0.2) is 0 Å². The van der Waals surface area contributed by atoms with Gasteiger partial charge in [-0.05, 0) is 36.0 Å². The Labute approximate surface area is 120 Å². The molecule has 1 N–H and O–H groups in total. The van der Waals surface area contributed by atoms with Crippen molar-refractivity contribution >= 4 is 17.5 Å². The van der Waals surface area contributed by atoms with Gasteiger partial charge in [-0.1, -0.05) is 38.8 Å². The Hall–Kier alpha value is -1.02. The van der Waals surface area contributed by atoms with E-state index >= 15 is 0 Å². The second kappa shape index (κ2) is 6.42. The van der Waals surface area contributed by atoms with Gasteiger partial charge >= 0.3 is 0 Å². The molecular formula is C16H22ClNO. The highest BCUT2D eigenvalue weighted by molar-refractivity contribution is 6.21. The van der Waals surface area contributed by atoms with E-state index < -0.39 is 0 Å². The van der Waals surface area contributed by atoms with E-state index in [1.165, 1.54) is 0 Å². The third-order valence-corrected chi connectivity index (χ3v) is 4.68. The van der Waals surface area contributed by atoms with E-state index in [-0.39, 0.29) is 11.3 Å². The molecule has 2 rings (SSSR count). The number of hydrogen-bond acceptors (Lipinski definition) is 1. The summed E-state index contributed by atoms with van der Waals surface area (Å²) in [6, 6.07) is 6.16. The van der Waals surface area contributed by atoms with Crippen molar-refractivity contribution < 1.29 is 4.79 Å². The van der Waals surface area contributed by atoms with Crippen molar-refractivity contribution in [2.24, 2.45) is 5.92 Å². The first kappa shape index (κ1) is 14.4. The molecule has 2 nitrogen and oxygen atoms in total. The number of alkyl halides is 1. The highest BCUT2D eigenvalue weighted by Gasteiger charge is 2.21. The minimum absolute atomic E-state index is 0.00338. The fourth-order valence-electron chi connectivity index (χ4n) is 2.75. The molecule has 0 bridgehead atoms. The van der Waals surface area contributed by atoms with Crippen molar-refractivity contribution in [3.8, 4) is 0 Å². The predicted octanol–water partition coefficient (Wildman–Crippen LogP) is 4.08. The van der Waals surface area contributed by atoms with Gasteiger partial charge in [0, 0.05) is 12.1 Å². The summed E-state index contributed by atoms with van der Waals surface area (Å²) in [7, 11) is 0. The summed E-state index contributed by atoms with van der Waals surface area (Å²) >= 11 is 6.57. The summed E-state index contributed by atoms with van der Waals surface area (Å²) in [5.41, 5.74) is 3.03. The fraction of sp³-hybridized carbons (Fsp3) is 0.562. The van der Waals surface area contributed by atoms with Gasteiger partial charge < -0.3 is 5.32 Å². The van der Waals surface area contributed by atoms with Gasteiger partial charge in [0.2, 0.25) is 0 Å². The second-order valence-electron chi connectivity index (χ2n) is 5.25.